The molecule has 31 heavy (non-hydrogen) atoms. The second-order valence-corrected chi connectivity index (χ2v) is 8.12. The number of aromatic nitrogens is 2. The lowest BCUT2D eigenvalue weighted by atomic mass is 10.1. The van der Waals surface area contributed by atoms with Gasteiger partial charge in [0, 0.05) is 48.7 Å². The van der Waals surface area contributed by atoms with Crippen LogP contribution in [0.1, 0.15) is 5.56 Å². The molecule has 0 aliphatic carbocycles. The maximum atomic E-state index is 6.19. The van der Waals surface area contributed by atoms with E-state index in [1.54, 1.807) is 13.2 Å². The number of rotatable bonds is 5. The van der Waals surface area contributed by atoms with Crippen LogP contribution < -0.4 is 20.7 Å². The second-order valence-electron chi connectivity index (χ2n) is 7.72. The van der Waals surface area contributed by atoms with Gasteiger partial charge in [0.25, 0.3) is 0 Å². The summed E-state index contributed by atoms with van der Waals surface area (Å²) in [7, 11) is 3.75. The summed E-state index contributed by atoms with van der Waals surface area (Å²) < 4.78 is 5.34. The molecule has 0 saturated carbocycles. The van der Waals surface area contributed by atoms with Crippen LogP contribution >= 0.6 is 11.6 Å². The fourth-order valence-corrected chi connectivity index (χ4v) is 3.82. The number of halogens is 1. The van der Waals surface area contributed by atoms with Crippen LogP contribution in [-0.4, -0.2) is 55.2 Å². The minimum atomic E-state index is 0.426. The third kappa shape index (κ3) is 4.68. The molecule has 0 radical (unpaired) electrons. The Morgan fingerprint density at radius 2 is 1.74 bits per heavy atom. The molecule has 7 nitrogen and oxygen atoms in total. The highest BCUT2D eigenvalue weighted by atomic mass is 35.5. The van der Waals surface area contributed by atoms with Gasteiger partial charge in [0.15, 0.2) is 0 Å². The molecule has 1 saturated heterocycles. The molecule has 3 N–H and O–H groups in total. The molecule has 2 heterocycles. The molecule has 2 aromatic carbocycles. The Hall–Kier alpha value is -3.03. The van der Waals surface area contributed by atoms with Crippen molar-refractivity contribution in [3.63, 3.8) is 0 Å². The van der Waals surface area contributed by atoms with Gasteiger partial charge in [-0.25, -0.2) is 4.98 Å². The number of benzene rings is 2. The monoisotopic (exact) mass is 438 g/mol. The van der Waals surface area contributed by atoms with Crippen molar-refractivity contribution in [2.45, 2.75) is 6.92 Å². The predicted octanol–water partition coefficient (Wildman–Crippen LogP) is 4.19. The van der Waals surface area contributed by atoms with Crippen LogP contribution in [0.4, 0.5) is 23.1 Å². The largest absolute Gasteiger partial charge is 0.495 e. The summed E-state index contributed by atoms with van der Waals surface area (Å²) in [6, 6.07) is 13.9. The average molecular weight is 439 g/mol. The van der Waals surface area contributed by atoms with Crippen molar-refractivity contribution in [3.8, 4) is 17.0 Å². The fraction of sp³-hybridized carbons (Fsp3) is 0.304. The van der Waals surface area contributed by atoms with Crippen LogP contribution in [0.25, 0.3) is 11.3 Å². The van der Waals surface area contributed by atoms with Gasteiger partial charge in [0.1, 0.15) is 11.6 Å². The Balaban J connectivity index is 1.56. The van der Waals surface area contributed by atoms with E-state index in [4.69, 9.17) is 27.1 Å². The summed E-state index contributed by atoms with van der Waals surface area (Å²) >= 11 is 6.17. The van der Waals surface area contributed by atoms with E-state index in [1.165, 1.54) is 5.69 Å². The summed E-state index contributed by atoms with van der Waals surface area (Å²) in [5.41, 5.74) is 10.7. The number of likely N-dealkylation sites (N-methyl/N-ethyl adjacent to an activating group) is 1. The average Bonchev–Trinajstić information content (AvgIpc) is 2.78. The number of hydrogen-bond donors (Lipinski definition) is 2. The Morgan fingerprint density at radius 1 is 1.03 bits per heavy atom. The van der Waals surface area contributed by atoms with Crippen molar-refractivity contribution in [2.24, 2.45) is 0 Å². The summed E-state index contributed by atoms with van der Waals surface area (Å²) in [6.45, 7) is 6.13. The third-order valence-corrected chi connectivity index (χ3v) is 5.91. The molecule has 1 aliphatic rings. The van der Waals surface area contributed by atoms with E-state index in [0.717, 1.165) is 48.7 Å². The van der Waals surface area contributed by atoms with E-state index in [-0.39, 0.29) is 0 Å². The van der Waals surface area contributed by atoms with Gasteiger partial charge in [-0.15, -0.1) is 0 Å². The Labute approximate surface area is 187 Å². The molecule has 1 aromatic heterocycles. The van der Waals surface area contributed by atoms with E-state index < -0.39 is 0 Å². The molecular formula is C23H27ClN6O. The molecule has 3 aromatic rings. The van der Waals surface area contributed by atoms with Gasteiger partial charge in [0.2, 0.25) is 5.95 Å². The van der Waals surface area contributed by atoms with Gasteiger partial charge in [-0.2, -0.15) is 4.98 Å². The minimum Gasteiger partial charge on any atom is -0.495 e. The quantitative estimate of drug-likeness (QED) is 0.618. The van der Waals surface area contributed by atoms with Crippen LogP contribution in [0.2, 0.25) is 5.02 Å². The van der Waals surface area contributed by atoms with Crippen molar-refractivity contribution in [1.82, 2.24) is 14.9 Å². The molecule has 0 bridgehead atoms. The van der Waals surface area contributed by atoms with Crippen molar-refractivity contribution in [1.29, 1.82) is 0 Å². The molecule has 1 fully saturated rings. The number of nitrogen functional groups attached to an aromatic ring is 1. The number of ether oxygens (including phenoxy) is 1. The first-order valence-electron chi connectivity index (χ1n) is 10.2. The highest BCUT2D eigenvalue weighted by Gasteiger charge is 2.15. The Morgan fingerprint density at radius 3 is 2.42 bits per heavy atom. The van der Waals surface area contributed by atoms with Crippen molar-refractivity contribution >= 4 is 34.7 Å². The van der Waals surface area contributed by atoms with Crippen molar-refractivity contribution in [3.05, 3.63) is 53.1 Å². The zero-order chi connectivity index (χ0) is 22.0. The standard InChI is InChI=1S/C23H27ClN6O/c1-15-21(16-4-9-19(24)20(14-16)31-3)27-23(28-22(15)25)26-17-5-7-18(8-6-17)30-12-10-29(2)11-13-30/h4-9,14H,10-13H2,1-3H3,(H3,25,26,27,28). The maximum absolute atomic E-state index is 6.19. The first-order valence-corrected chi connectivity index (χ1v) is 10.6. The van der Waals surface area contributed by atoms with E-state index >= 15 is 0 Å². The zero-order valence-corrected chi connectivity index (χ0v) is 18.8. The van der Waals surface area contributed by atoms with E-state index in [1.807, 2.05) is 31.2 Å². The van der Waals surface area contributed by atoms with Gasteiger partial charge in [-0.1, -0.05) is 17.7 Å². The number of nitrogens with zero attached hydrogens (tertiary/aromatic N) is 4. The van der Waals surface area contributed by atoms with Crippen LogP contribution in [0.3, 0.4) is 0 Å². The molecule has 8 heteroatoms. The molecule has 0 spiro atoms. The molecule has 0 atom stereocenters. The summed E-state index contributed by atoms with van der Waals surface area (Å²) in [6.07, 6.45) is 0. The zero-order valence-electron chi connectivity index (χ0n) is 18.0. The molecule has 4 rings (SSSR count). The molecule has 1 aliphatic heterocycles. The highest BCUT2D eigenvalue weighted by molar-refractivity contribution is 6.32. The van der Waals surface area contributed by atoms with Crippen molar-refractivity contribution < 1.29 is 4.74 Å². The number of methoxy groups -OCH3 is 1. The first-order chi connectivity index (χ1) is 14.9. The summed E-state index contributed by atoms with van der Waals surface area (Å²) in [4.78, 5) is 13.9. The fourth-order valence-electron chi connectivity index (χ4n) is 3.63. The first kappa shape index (κ1) is 21.2. The topological polar surface area (TPSA) is 79.5 Å². The SMILES string of the molecule is COc1cc(-c2nc(Nc3ccc(N4CCN(C)CC4)cc3)nc(N)c2C)ccc1Cl. The van der Waals surface area contributed by atoms with Gasteiger partial charge in [0.05, 0.1) is 17.8 Å². The number of anilines is 4. The van der Waals surface area contributed by atoms with Crippen molar-refractivity contribution in [2.75, 3.05) is 56.3 Å². The summed E-state index contributed by atoms with van der Waals surface area (Å²) in [5.74, 6) is 1.46. The third-order valence-electron chi connectivity index (χ3n) is 5.60. The summed E-state index contributed by atoms with van der Waals surface area (Å²) in [5, 5.41) is 3.82. The molecule has 0 unspecified atom stereocenters. The van der Waals surface area contributed by atoms with Gasteiger partial charge >= 0.3 is 0 Å². The molecular weight excluding hydrogens is 412 g/mol. The predicted molar refractivity (Wildman–Crippen MR) is 128 cm³/mol. The lowest BCUT2D eigenvalue weighted by Crippen LogP contribution is -2.44. The van der Waals surface area contributed by atoms with Crippen LogP contribution in [0.5, 0.6) is 5.75 Å². The molecule has 0 amide bonds. The lowest BCUT2D eigenvalue weighted by molar-refractivity contribution is 0.313. The van der Waals surface area contributed by atoms with Gasteiger partial charge < -0.3 is 25.6 Å². The number of hydrogen-bond acceptors (Lipinski definition) is 7. The smallest absolute Gasteiger partial charge is 0.229 e. The van der Waals surface area contributed by atoms with Crippen LogP contribution in [-0.2, 0) is 0 Å². The minimum absolute atomic E-state index is 0.426. The lowest BCUT2D eigenvalue weighted by Gasteiger charge is -2.34. The van der Waals surface area contributed by atoms with Crippen LogP contribution in [0.15, 0.2) is 42.5 Å². The number of nitrogens with two attached hydrogens (primary N) is 1. The second kappa shape index (κ2) is 8.99. The Kier molecular flexibility index (Phi) is 6.15. The van der Waals surface area contributed by atoms with Gasteiger partial charge in [-0.05, 0) is 50.4 Å². The van der Waals surface area contributed by atoms with Gasteiger partial charge in [-0.3, -0.25) is 0 Å². The number of piperazine rings is 1. The maximum Gasteiger partial charge on any atom is 0.229 e. The normalized spacial score (nSPS) is 14.5. The highest BCUT2D eigenvalue weighted by Crippen LogP contribution is 2.33. The van der Waals surface area contributed by atoms with E-state index in [2.05, 4.69) is 39.3 Å². The van der Waals surface area contributed by atoms with E-state index in [0.29, 0.717) is 22.5 Å². The number of nitrogens with one attached hydrogen (secondary N) is 1. The molecule has 162 valence electrons. The van der Waals surface area contributed by atoms with E-state index in [9.17, 15) is 0 Å². The Bertz CT molecular complexity index is 1060. The van der Waals surface area contributed by atoms with Crippen LogP contribution in [0, 0.1) is 6.92 Å².